The second-order valence-corrected chi connectivity index (χ2v) is 6.78. The first-order valence-corrected chi connectivity index (χ1v) is 9.27. The van der Waals surface area contributed by atoms with Crippen LogP contribution in [0.3, 0.4) is 0 Å². The average molecular weight is 450 g/mol. The molecule has 27 heavy (non-hydrogen) atoms. The molecule has 0 spiro atoms. The van der Waals surface area contributed by atoms with Crippen LogP contribution in [-0.2, 0) is 4.79 Å². The van der Waals surface area contributed by atoms with Crippen LogP contribution in [0.1, 0.15) is 18.1 Å². The highest BCUT2D eigenvalue weighted by Crippen LogP contribution is 2.37. The van der Waals surface area contributed by atoms with Crippen LogP contribution in [-0.4, -0.2) is 19.6 Å². The molecule has 2 aromatic carbocycles. The quantitative estimate of drug-likeness (QED) is 0.476. The van der Waals surface area contributed by atoms with Crippen LogP contribution in [0.25, 0.3) is 6.08 Å². The zero-order chi connectivity index (χ0) is 20.0. The average Bonchev–Trinajstić information content (AvgIpc) is 2.64. The van der Waals surface area contributed by atoms with E-state index in [4.69, 9.17) is 21.1 Å². The Morgan fingerprint density at radius 3 is 2.74 bits per heavy atom. The number of rotatable bonds is 6. The number of para-hydroxylation sites is 1. The molecule has 0 aromatic heterocycles. The smallest absolute Gasteiger partial charge is 0.266 e. The van der Waals surface area contributed by atoms with Gasteiger partial charge in [-0.15, -0.1) is 0 Å². The van der Waals surface area contributed by atoms with Gasteiger partial charge >= 0.3 is 0 Å². The van der Waals surface area contributed by atoms with Crippen LogP contribution in [0.15, 0.2) is 40.4 Å². The van der Waals surface area contributed by atoms with E-state index < -0.39 is 5.91 Å². The highest BCUT2D eigenvalue weighted by Gasteiger charge is 2.15. The molecule has 1 N–H and O–H groups in total. The van der Waals surface area contributed by atoms with Crippen LogP contribution in [0.4, 0.5) is 5.69 Å². The fraction of sp³-hybridized carbons (Fsp3) is 0.200. The van der Waals surface area contributed by atoms with E-state index in [1.807, 2.05) is 26.0 Å². The van der Waals surface area contributed by atoms with Crippen LogP contribution >= 0.6 is 27.5 Å². The van der Waals surface area contributed by atoms with Gasteiger partial charge in [0.15, 0.2) is 11.5 Å². The Balaban J connectivity index is 2.37. The van der Waals surface area contributed by atoms with E-state index in [-0.39, 0.29) is 5.57 Å². The van der Waals surface area contributed by atoms with Crippen molar-refractivity contribution in [1.82, 2.24) is 0 Å². The van der Waals surface area contributed by atoms with E-state index >= 15 is 0 Å². The summed E-state index contributed by atoms with van der Waals surface area (Å²) in [4.78, 5) is 12.5. The van der Waals surface area contributed by atoms with Crippen molar-refractivity contribution < 1.29 is 14.3 Å². The van der Waals surface area contributed by atoms with Crippen LogP contribution in [0, 0.1) is 18.3 Å². The number of hydrogen-bond donors (Lipinski definition) is 1. The third-order valence-corrected chi connectivity index (χ3v) is 4.58. The molecule has 2 aromatic rings. The molecule has 0 saturated heterocycles. The number of nitriles is 1. The molecule has 0 saturated carbocycles. The van der Waals surface area contributed by atoms with Crippen molar-refractivity contribution in [1.29, 1.82) is 5.26 Å². The number of anilines is 1. The van der Waals surface area contributed by atoms with Gasteiger partial charge in [-0.1, -0.05) is 23.7 Å². The van der Waals surface area contributed by atoms with Gasteiger partial charge in [0.2, 0.25) is 0 Å². The molecule has 0 fully saturated rings. The lowest BCUT2D eigenvalue weighted by Gasteiger charge is -2.12. The fourth-order valence-electron chi connectivity index (χ4n) is 2.39. The Kier molecular flexibility index (Phi) is 7.28. The van der Waals surface area contributed by atoms with Gasteiger partial charge in [0.25, 0.3) is 5.91 Å². The normalized spacial score (nSPS) is 10.9. The number of aryl methyl sites for hydroxylation is 1. The van der Waals surface area contributed by atoms with Gasteiger partial charge in [-0.2, -0.15) is 5.26 Å². The summed E-state index contributed by atoms with van der Waals surface area (Å²) in [5.74, 6) is 0.515. The van der Waals surface area contributed by atoms with Crippen LogP contribution in [0.5, 0.6) is 11.5 Å². The van der Waals surface area contributed by atoms with Gasteiger partial charge in [0.1, 0.15) is 11.6 Å². The molecule has 0 bridgehead atoms. The summed E-state index contributed by atoms with van der Waals surface area (Å²) in [6.45, 7) is 4.17. The first kappa shape index (κ1) is 20.8. The minimum Gasteiger partial charge on any atom is -0.493 e. The molecule has 0 aliphatic heterocycles. The van der Waals surface area contributed by atoms with Crippen molar-refractivity contribution in [2.24, 2.45) is 0 Å². The number of halogens is 2. The SMILES string of the molecule is CCOc1c(Br)cc(/C=C(\C#N)C(=O)Nc2c(C)cccc2Cl)cc1OC. The Morgan fingerprint density at radius 1 is 1.41 bits per heavy atom. The van der Waals surface area contributed by atoms with Crippen molar-refractivity contribution in [3.05, 3.63) is 56.5 Å². The molecule has 140 valence electrons. The number of methoxy groups -OCH3 is 1. The molecule has 1 amide bonds. The summed E-state index contributed by atoms with van der Waals surface area (Å²) in [6.07, 6.45) is 1.48. The highest BCUT2D eigenvalue weighted by atomic mass is 79.9. The molecule has 5 nitrogen and oxygen atoms in total. The second kappa shape index (κ2) is 9.45. The van der Waals surface area contributed by atoms with E-state index in [0.717, 1.165) is 5.56 Å². The molecule has 0 unspecified atom stereocenters. The van der Waals surface area contributed by atoms with Gasteiger partial charge < -0.3 is 14.8 Å². The van der Waals surface area contributed by atoms with Crippen LogP contribution < -0.4 is 14.8 Å². The Hall–Kier alpha value is -2.49. The summed E-state index contributed by atoms with van der Waals surface area (Å²) >= 11 is 9.56. The van der Waals surface area contributed by atoms with Gasteiger partial charge in [-0.05, 0) is 65.2 Å². The third kappa shape index (κ3) is 5.03. The molecular weight excluding hydrogens is 432 g/mol. The number of amides is 1. The molecule has 0 radical (unpaired) electrons. The van der Waals surface area contributed by atoms with Crippen molar-refractivity contribution in [3.63, 3.8) is 0 Å². The van der Waals surface area contributed by atoms with E-state index in [2.05, 4.69) is 21.2 Å². The summed E-state index contributed by atoms with van der Waals surface area (Å²) in [5, 5.41) is 12.5. The number of nitrogens with one attached hydrogen (secondary N) is 1. The third-order valence-electron chi connectivity index (χ3n) is 3.68. The van der Waals surface area contributed by atoms with E-state index in [1.54, 1.807) is 24.3 Å². The molecule has 7 heteroatoms. The molecule has 0 aliphatic rings. The number of nitrogens with zero attached hydrogens (tertiary/aromatic N) is 1. The number of benzene rings is 2. The summed E-state index contributed by atoms with van der Waals surface area (Å²) in [6, 6.07) is 10.7. The molecule has 0 heterocycles. The monoisotopic (exact) mass is 448 g/mol. The van der Waals surface area contributed by atoms with Crippen molar-refractivity contribution >= 4 is 45.2 Å². The first-order valence-electron chi connectivity index (χ1n) is 8.09. The maximum atomic E-state index is 12.5. The largest absolute Gasteiger partial charge is 0.493 e. The number of ether oxygens (including phenoxy) is 2. The Morgan fingerprint density at radius 2 is 2.15 bits per heavy atom. The summed E-state index contributed by atoms with van der Waals surface area (Å²) in [7, 11) is 1.52. The summed E-state index contributed by atoms with van der Waals surface area (Å²) < 4.78 is 11.5. The first-order chi connectivity index (χ1) is 12.9. The standard InChI is InChI=1S/C20H18BrClN2O3/c1-4-27-19-15(21)9-13(10-17(19)26-3)8-14(11-23)20(25)24-18-12(2)6-5-7-16(18)22/h5-10H,4H2,1-3H3,(H,24,25)/b14-8+. The van der Waals surface area contributed by atoms with Crippen LogP contribution in [0.2, 0.25) is 5.02 Å². The maximum Gasteiger partial charge on any atom is 0.266 e. The second-order valence-electron chi connectivity index (χ2n) is 5.52. The number of hydrogen-bond acceptors (Lipinski definition) is 4. The molecule has 0 atom stereocenters. The Bertz CT molecular complexity index is 915. The van der Waals surface area contributed by atoms with Crippen molar-refractivity contribution in [3.8, 4) is 17.6 Å². The molecular formula is C20H18BrClN2O3. The maximum absolute atomic E-state index is 12.5. The fourth-order valence-corrected chi connectivity index (χ4v) is 3.24. The highest BCUT2D eigenvalue weighted by molar-refractivity contribution is 9.10. The number of carbonyl (C=O) groups excluding carboxylic acids is 1. The predicted molar refractivity (Wildman–Crippen MR) is 110 cm³/mol. The van der Waals surface area contributed by atoms with Crippen molar-refractivity contribution in [2.75, 3.05) is 19.0 Å². The minimum atomic E-state index is -0.544. The predicted octanol–water partition coefficient (Wildman–Crippen LogP) is 5.36. The molecule has 0 aliphatic carbocycles. The van der Waals surface area contributed by atoms with Gasteiger partial charge in [-0.25, -0.2) is 0 Å². The zero-order valence-electron chi connectivity index (χ0n) is 15.1. The number of carbonyl (C=O) groups is 1. The Labute approximate surface area is 171 Å². The lowest BCUT2D eigenvalue weighted by molar-refractivity contribution is -0.112. The lowest BCUT2D eigenvalue weighted by atomic mass is 10.1. The van der Waals surface area contributed by atoms with E-state index in [1.165, 1.54) is 13.2 Å². The minimum absolute atomic E-state index is 0.0626. The lowest BCUT2D eigenvalue weighted by Crippen LogP contribution is -2.14. The summed E-state index contributed by atoms with van der Waals surface area (Å²) in [5.41, 5.74) is 1.84. The van der Waals surface area contributed by atoms with E-state index in [9.17, 15) is 10.1 Å². The zero-order valence-corrected chi connectivity index (χ0v) is 17.4. The van der Waals surface area contributed by atoms with E-state index in [0.29, 0.717) is 38.9 Å². The topological polar surface area (TPSA) is 71.3 Å². The van der Waals surface area contributed by atoms with Gasteiger partial charge in [0, 0.05) is 0 Å². The van der Waals surface area contributed by atoms with Crippen molar-refractivity contribution in [2.45, 2.75) is 13.8 Å². The van der Waals surface area contributed by atoms with Gasteiger partial charge in [-0.3, -0.25) is 4.79 Å². The van der Waals surface area contributed by atoms with Gasteiger partial charge in [0.05, 0.1) is 28.9 Å². The molecule has 2 rings (SSSR count).